The summed E-state index contributed by atoms with van der Waals surface area (Å²) in [5, 5.41) is 2.96. The number of nitrogens with zero attached hydrogens (tertiary/aromatic N) is 1. The van der Waals surface area contributed by atoms with Crippen LogP contribution in [0.25, 0.3) is 0 Å². The Hall–Kier alpha value is -2.53. The molecule has 0 spiro atoms. The second kappa shape index (κ2) is 9.97. The zero-order valence-electron chi connectivity index (χ0n) is 15.9. The van der Waals surface area contributed by atoms with E-state index in [0.29, 0.717) is 18.0 Å². The molecular formula is C22H28N2O3. The van der Waals surface area contributed by atoms with Gasteiger partial charge in [-0.1, -0.05) is 36.8 Å². The van der Waals surface area contributed by atoms with Crippen LogP contribution in [0.3, 0.4) is 0 Å². The minimum atomic E-state index is -0.134. The summed E-state index contributed by atoms with van der Waals surface area (Å²) < 4.78 is 10.7. The molecule has 0 atom stereocenters. The number of likely N-dealkylation sites (tertiary alicyclic amines) is 1. The lowest BCUT2D eigenvalue weighted by Crippen LogP contribution is -2.31. The quantitative estimate of drug-likeness (QED) is 0.776. The number of hydrogen-bond donors (Lipinski definition) is 1. The number of carbonyl (C=O) groups is 1. The van der Waals surface area contributed by atoms with Crippen LogP contribution in [0.5, 0.6) is 11.5 Å². The van der Waals surface area contributed by atoms with Gasteiger partial charge in [-0.15, -0.1) is 0 Å². The van der Waals surface area contributed by atoms with E-state index >= 15 is 0 Å². The SMILES string of the molecule is COc1cccc(OCC(=O)NCc2ccccc2CN2CCCCC2)c1. The van der Waals surface area contributed by atoms with Crippen molar-refractivity contribution in [3.8, 4) is 11.5 Å². The van der Waals surface area contributed by atoms with Gasteiger partial charge in [-0.05, 0) is 49.2 Å². The van der Waals surface area contributed by atoms with Crippen molar-refractivity contribution in [3.63, 3.8) is 0 Å². The Balaban J connectivity index is 1.49. The predicted octanol–water partition coefficient (Wildman–Crippen LogP) is 3.38. The molecule has 2 aromatic rings. The molecule has 5 heteroatoms. The van der Waals surface area contributed by atoms with Gasteiger partial charge in [0.05, 0.1) is 7.11 Å². The van der Waals surface area contributed by atoms with E-state index in [1.54, 1.807) is 13.2 Å². The second-order valence-corrected chi connectivity index (χ2v) is 6.85. The molecule has 27 heavy (non-hydrogen) atoms. The number of nitrogens with one attached hydrogen (secondary N) is 1. The largest absolute Gasteiger partial charge is 0.497 e. The van der Waals surface area contributed by atoms with Crippen LogP contribution < -0.4 is 14.8 Å². The molecule has 144 valence electrons. The Labute approximate surface area is 161 Å². The molecule has 1 heterocycles. The van der Waals surface area contributed by atoms with E-state index in [-0.39, 0.29) is 12.5 Å². The first kappa shape index (κ1) is 19.2. The highest BCUT2D eigenvalue weighted by atomic mass is 16.5. The second-order valence-electron chi connectivity index (χ2n) is 6.85. The Kier molecular flexibility index (Phi) is 7.11. The van der Waals surface area contributed by atoms with Gasteiger partial charge in [0, 0.05) is 19.2 Å². The van der Waals surface area contributed by atoms with E-state index in [0.717, 1.165) is 25.2 Å². The van der Waals surface area contributed by atoms with Gasteiger partial charge in [0.15, 0.2) is 6.61 Å². The van der Waals surface area contributed by atoms with Crippen LogP contribution in [0, 0.1) is 0 Å². The Morgan fingerprint density at radius 2 is 1.74 bits per heavy atom. The standard InChI is InChI=1S/C22H28N2O3/c1-26-20-10-7-11-21(14-20)27-17-22(25)23-15-18-8-3-4-9-19(18)16-24-12-5-2-6-13-24/h3-4,7-11,14H,2,5-6,12-13,15-17H2,1H3,(H,23,25). The molecule has 0 aromatic heterocycles. The number of carbonyl (C=O) groups excluding carboxylic acids is 1. The van der Waals surface area contributed by atoms with E-state index in [9.17, 15) is 4.79 Å². The minimum Gasteiger partial charge on any atom is -0.497 e. The molecule has 5 nitrogen and oxygen atoms in total. The van der Waals surface area contributed by atoms with Crippen LogP contribution in [0.2, 0.25) is 0 Å². The lowest BCUT2D eigenvalue weighted by atomic mass is 10.0. The van der Waals surface area contributed by atoms with Crippen LogP contribution in [-0.4, -0.2) is 37.6 Å². The summed E-state index contributed by atoms with van der Waals surface area (Å²) in [6.07, 6.45) is 3.89. The molecule has 1 amide bonds. The zero-order valence-corrected chi connectivity index (χ0v) is 15.9. The van der Waals surface area contributed by atoms with E-state index in [2.05, 4.69) is 28.4 Å². The Morgan fingerprint density at radius 1 is 1.00 bits per heavy atom. The first-order valence-electron chi connectivity index (χ1n) is 9.57. The van der Waals surface area contributed by atoms with E-state index in [1.807, 2.05) is 24.3 Å². The topological polar surface area (TPSA) is 50.8 Å². The van der Waals surface area contributed by atoms with Gasteiger partial charge in [0.25, 0.3) is 5.91 Å². The highest BCUT2D eigenvalue weighted by molar-refractivity contribution is 5.77. The molecule has 0 aliphatic carbocycles. The van der Waals surface area contributed by atoms with Crippen molar-refractivity contribution in [2.75, 3.05) is 26.8 Å². The number of hydrogen-bond acceptors (Lipinski definition) is 4. The van der Waals surface area contributed by atoms with Gasteiger partial charge in [-0.25, -0.2) is 0 Å². The van der Waals surface area contributed by atoms with E-state index in [4.69, 9.17) is 9.47 Å². The third-order valence-corrected chi connectivity index (χ3v) is 4.85. The van der Waals surface area contributed by atoms with Crippen LogP contribution in [0.4, 0.5) is 0 Å². The van der Waals surface area contributed by atoms with Crippen molar-refractivity contribution in [2.45, 2.75) is 32.4 Å². The summed E-state index contributed by atoms with van der Waals surface area (Å²) >= 11 is 0. The van der Waals surface area contributed by atoms with Crippen molar-refractivity contribution in [1.29, 1.82) is 0 Å². The highest BCUT2D eigenvalue weighted by Gasteiger charge is 2.13. The van der Waals surface area contributed by atoms with Crippen molar-refractivity contribution < 1.29 is 14.3 Å². The average molecular weight is 368 g/mol. The van der Waals surface area contributed by atoms with Gasteiger partial charge in [-0.2, -0.15) is 0 Å². The molecule has 0 unspecified atom stereocenters. The number of methoxy groups -OCH3 is 1. The summed E-state index contributed by atoms with van der Waals surface area (Å²) in [5.74, 6) is 1.19. The Bertz CT molecular complexity index is 742. The van der Waals surface area contributed by atoms with Crippen LogP contribution >= 0.6 is 0 Å². The molecule has 1 N–H and O–H groups in total. The lowest BCUT2D eigenvalue weighted by molar-refractivity contribution is -0.123. The van der Waals surface area contributed by atoms with Crippen LogP contribution in [0.15, 0.2) is 48.5 Å². The summed E-state index contributed by atoms with van der Waals surface area (Å²) in [4.78, 5) is 14.7. The zero-order chi connectivity index (χ0) is 18.9. The fraction of sp³-hybridized carbons (Fsp3) is 0.409. The van der Waals surface area contributed by atoms with Gasteiger partial charge in [0.1, 0.15) is 11.5 Å². The Morgan fingerprint density at radius 3 is 2.52 bits per heavy atom. The van der Waals surface area contributed by atoms with Crippen molar-refractivity contribution in [1.82, 2.24) is 10.2 Å². The van der Waals surface area contributed by atoms with Gasteiger partial charge in [-0.3, -0.25) is 9.69 Å². The molecule has 1 saturated heterocycles. The first-order valence-corrected chi connectivity index (χ1v) is 9.57. The smallest absolute Gasteiger partial charge is 0.258 e. The number of ether oxygens (including phenoxy) is 2. The van der Waals surface area contributed by atoms with E-state index < -0.39 is 0 Å². The molecule has 0 bridgehead atoms. The van der Waals surface area contributed by atoms with Crippen molar-refractivity contribution in [2.24, 2.45) is 0 Å². The average Bonchev–Trinajstić information content (AvgIpc) is 2.72. The van der Waals surface area contributed by atoms with Crippen LogP contribution in [-0.2, 0) is 17.9 Å². The fourth-order valence-corrected chi connectivity index (χ4v) is 3.33. The normalized spacial score (nSPS) is 14.6. The number of piperidine rings is 1. The van der Waals surface area contributed by atoms with Crippen LogP contribution in [0.1, 0.15) is 30.4 Å². The maximum atomic E-state index is 12.2. The number of amides is 1. The lowest BCUT2D eigenvalue weighted by Gasteiger charge is -2.27. The van der Waals surface area contributed by atoms with E-state index in [1.165, 1.54) is 24.8 Å². The summed E-state index contributed by atoms with van der Waals surface area (Å²) in [6.45, 7) is 3.78. The third kappa shape index (κ3) is 6.00. The number of rotatable bonds is 8. The molecule has 2 aromatic carbocycles. The highest BCUT2D eigenvalue weighted by Crippen LogP contribution is 2.19. The van der Waals surface area contributed by atoms with Gasteiger partial charge in [0.2, 0.25) is 0 Å². The monoisotopic (exact) mass is 368 g/mol. The molecular weight excluding hydrogens is 340 g/mol. The molecule has 1 fully saturated rings. The molecule has 0 radical (unpaired) electrons. The fourth-order valence-electron chi connectivity index (χ4n) is 3.33. The van der Waals surface area contributed by atoms with Crippen molar-refractivity contribution in [3.05, 3.63) is 59.7 Å². The maximum Gasteiger partial charge on any atom is 0.258 e. The molecule has 1 aliphatic rings. The molecule has 3 rings (SSSR count). The van der Waals surface area contributed by atoms with Crippen molar-refractivity contribution >= 4 is 5.91 Å². The van der Waals surface area contributed by atoms with Gasteiger partial charge >= 0.3 is 0 Å². The third-order valence-electron chi connectivity index (χ3n) is 4.85. The maximum absolute atomic E-state index is 12.2. The summed E-state index contributed by atoms with van der Waals surface area (Å²) in [7, 11) is 1.60. The first-order chi connectivity index (χ1) is 13.2. The summed E-state index contributed by atoms with van der Waals surface area (Å²) in [6, 6.07) is 15.6. The summed E-state index contributed by atoms with van der Waals surface area (Å²) in [5.41, 5.74) is 2.45. The molecule has 1 aliphatic heterocycles. The molecule has 0 saturated carbocycles. The predicted molar refractivity (Wildman–Crippen MR) is 106 cm³/mol. The minimum absolute atomic E-state index is 0.0124. The number of benzene rings is 2. The van der Waals surface area contributed by atoms with Gasteiger partial charge < -0.3 is 14.8 Å².